The molecule has 3 rings (SSSR count). The molecule has 0 spiro atoms. The van der Waals surface area contributed by atoms with E-state index >= 15 is 0 Å². The lowest BCUT2D eigenvalue weighted by atomic mass is 9.98. The number of hydrogen-bond acceptors (Lipinski definition) is 5. The highest BCUT2D eigenvalue weighted by Crippen LogP contribution is 2.29. The molecule has 2 heterocycles. The Morgan fingerprint density at radius 2 is 1.74 bits per heavy atom. The highest BCUT2D eigenvalue weighted by molar-refractivity contribution is 6.20. The third kappa shape index (κ3) is 3.98. The van der Waals surface area contributed by atoms with E-state index in [4.69, 9.17) is 9.57 Å². The summed E-state index contributed by atoms with van der Waals surface area (Å²) in [5.41, 5.74) is 0.171. The van der Waals surface area contributed by atoms with Gasteiger partial charge in [0.2, 0.25) is 0 Å². The maximum atomic E-state index is 12.5. The lowest BCUT2D eigenvalue weighted by molar-refractivity contribution is -0.151. The van der Waals surface area contributed by atoms with E-state index in [0.717, 1.165) is 11.5 Å². The van der Waals surface area contributed by atoms with E-state index in [0.29, 0.717) is 30.5 Å². The molecule has 2 aliphatic heterocycles. The lowest BCUT2D eigenvalue weighted by Crippen LogP contribution is -2.50. The van der Waals surface area contributed by atoms with Gasteiger partial charge in [-0.1, -0.05) is 19.1 Å². The van der Waals surface area contributed by atoms with E-state index < -0.39 is 17.4 Å². The van der Waals surface area contributed by atoms with Crippen LogP contribution < -0.4 is 0 Å². The molecular formula is C20H26N2O5. The fraction of sp³-hybridized carbons (Fsp3) is 0.550. The summed E-state index contributed by atoms with van der Waals surface area (Å²) in [5.74, 6) is -0.864. The number of nitrogens with zero attached hydrogens (tertiary/aromatic N) is 2. The number of hydroxylamine groups is 2. The van der Waals surface area contributed by atoms with Crippen LogP contribution in [0.25, 0.3) is 0 Å². The van der Waals surface area contributed by atoms with Crippen LogP contribution in [0.1, 0.15) is 67.7 Å². The summed E-state index contributed by atoms with van der Waals surface area (Å²) in [6.45, 7) is 7.96. The van der Waals surface area contributed by atoms with Crippen molar-refractivity contribution in [3.05, 3.63) is 35.4 Å². The zero-order chi connectivity index (χ0) is 19.8. The minimum Gasteiger partial charge on any atom is -0.444 e. The standard InChI is InChI=1S/C20H26N2O5/c1-5-13-12-14(10-11-21(13)19(25)26-20(2,3)4)27-22-17(23)15-8-6-7-9-16(15)18(22)24/h6-9,13-14H,5,10-12H2,1-4H3/t13-,14+/m1/s1. The highest BCUT2D eigenvalue weighted by Gasteiger charge is 2.40. The van der Waals surface area contributed by atoms with Crippen molar-refractivity contribution >= 4 is 17.9 Å². The Morgan fingerprint density at radius 1 is 1.15 bits per heavy atom. The molecule has 1 fully saturated rings. The normalized spacial score (nSPS) is 22.8. The second kappa shape index (κ2) is 7.31. The molecule has 0 saturated carbocycles. The Hall–Kier alpha value is -2.41. The van der Waals surface area contributed by atoms with Gasteiger partial charge in [0.25, 0.3) is 11.8 Å². The number of ether oxygens (including phenoxy) is 1. The molecule has 0 aromatic heterocycles. The van der Waals surface area contributed by atoms with Crippen molar-refractivity contribution < 1.29 is 24.0 Å². The zero-order valence-corrected chi connectivity index (χ0v) is 16.2. The van der Waals surface area contributed by atoms with Crippen LogP contribution in [0.15, 0.2) is 24.3 Å². The topological polar surface area (TPSA) is 76.2 Å². The molecule has 1 saturated heterocycles. The Morgan fingerprint density at radius 3 is 2.26 bits per heavy atom. The number of fused-ring (bicyclic) bond motifs is 1. The first-order valence-corrected chi connectivity index (χ1v) is 9.35. The van der Waals surface area contributed by atoms with Gasteiger partial charge in [-0.3, -0.25) is 14.4 Å². The van der Waals surface area contributed by atoms with Crippen LogP contribution in [0.2, 0.25) is 0 Å². The van der Waals surface area contributed by atoms with E-state index in [1.807, 2.05) is 27.7 Å². The zero-order valence-electron chi connectivity index (χ0n) is 16.2. The summed E-state index contributed by atoms with van der Waals surface area (Å²) >= 11 is 0. The number of likely N-dealkylation sites (tertiary alicyclic amines) is 1. The van der Waals surface area contributed by atoms with E-state index in [2.05, 4.69) is 0 Å². The number of carbonyl (C=O) groups excluding carboxylic acids is 3. The van der Waals surface area contributed by atoms with Crippen LogP contribution in [0.5, 0.6) is 0 Å². The van der Waals surface area contributed by atoms with Gasteiger partial charge >= 0.3 is 6.09 Å². The predicted molar refractivity (Wildman–Crippen MR) is 98.1 cm³/mol. The Balaban J connectivity index is 1.65. The van der Waals surface area contributed by atoms with Crippen molar-refractivity contribution in [2.75, 3.05) is 6.54 Å². The van der Waals surface area contributed by atoms with Gasteiger partial charge in [-0.05, 0) is 52.2 Å². The van der Waals surface area contributed by atoms with Crippen LogP contribution in [0.4, 0.5) is 4.79 Å². The molecule has 1 aromatic carbocycles. The van der Waals surface area contributed by atoms with Gasteiger partial charge in [-0.15, -0.1) is 5.06 Å². The monoisotopic (exact) mass is 374 g/mol. The van der Waals surface area contributed by atoms with Crippen molar-refractivity contribution in [3.8, 4) is 0 Å². The molecular weight excluding hydrogens is 348 g/mol. The summed E-state index contributed by atoms with van der Waals surface area (Å²) < 4.78 is 5.48. The number of carbonyl (C=O) groups is 3. The van der Waals surface area contributed by atoms with Crippen molar-refractivity contribution in [1.82, 2.24) is 9.96 Å². The van der Waals surface area contributed by atoms with Crippen LogP contribution in [0.3, 0.4) is 0 Å². The fourth-order valence-electron chi connectivity index (χ4n) is 3.47. The van der Waals surface area contributed by atoms with Crippen LogP contribution in [-0.2, 0) is 9.57 Å². The number of imide groups is 1. The number of benzene rings is 1. The van der Waals surface area contributed by atoms with Gasteiger partial charge in [-0.25, -0.2) is 4.79 Å². The quantitative estimate of drug-likeness (QED) is 0.758. The SMILES string of the molecule is CC[C@@H]1C[C@@H](ON2C(=O)c3ccccc3C2=O)CCN1C(=O)OC(C)(C)C. The molecule has 3 amide bonds. The second-order valence-corrected chi connectivity index (χ2v) is 7.94. The Labute approximate surface area is 159 Å². The highest BCUT2D eigenvalue weighted by atomic mass is 16.7. The molecule has 0 N–H and O–H groups in total. The maximum Gasteiger partial charge on any atom is 0.410 e. The van der Waals surface area contributed by atoms with Crippen molar-refractivity contribution in [2.24, 2.45) is 0 Å². The molecule has 2 atom stereocenters. The van der Waals surface area contributed by atoms with Crippen LogP contribution in [-0.4, -0.2) is 52.2 Å². The van der Waals surface area contributed by atoms with Gasteiger partial charge in [0, 0.05) is 12.6 Å². The summed E-state index contributed by atoms with van der Waals surface area (Å²) in [7, 11) is 0. The average molecular weight is 374 g/mol. The molecule has 146 valence electrons. The third-order valence-corrected chi connectivity index (χ3v) is 4.78. The van der Waals surface area contributed by atoms with E-state index in [-0.39, 0.29) is 18.2 Å². The fourth-order valence-corrected chi connectivity index (χ4v) is 3.47. The minimum absolute atomic E-state index is 0.0613. The van der Waals surface area contributed by atoms with Gasteiger partial charge in [0.05, 0.1) is 17.2 Å². The Bertz CT molecular complexity index is 720. The first-order chi connectivity index (χ1) is 12.7. The van der Waals surface area contributed by atoms with Crippen LogP contribution >= 0.6 is 0 Å². The number of rotatable bonds is 3. The number of hydrogen-bond donors (Lipinski definition) is 0. The van der Waals surface area contributed by atoms with Crippen molar-refractivity contribution in [3.63, 3.8) is 0 Å². The first kappa shape index (κ1) is 19.4. The molecule has 0 unspecified atom stereocenters. The van der Waals surface area contributed by atoms with Crippen molar-refractivity contribution in [2.45, 2.75) is 64.7 Å². The predicted octanol–water partition coefficient (Wildman–Crippen LogP) is 3.39. The minimum atomic E-state index is -0.553. The molecule has 7 heteroatoms. The van der Waals surface area contributed by atoms with Gasteiger partial charge in [-0.2, -0.15) is 0 Å². The van der Waals surface area contributed by atoms with Gasteiger partial charge in [0.15, 0.2) is 0 Å². The number of piperidine rings is 1. The molecule has 27 heavy (non-hydrogen) atoms. The first-order valence-electron chi connectivity index (χ1n) is 9.35. The van der Waals surface area contributed by atoms with E-state index in [9.17, 15) is 14.4 Å². The summed E-state index contributed by atoms with van der Waals surface area (Å²) in [6.07, 6.45) is 1.16. The van der Waals surface area contributed by atoms with E-state index in [1.54, 1.807) is 29.2 Å². The smallest absolute Gasteiger partial charge is 0.410 e. The average Bonchev–Trinajstić information content (AvgIpc) is 2.85. The molecule has 0 bridgehead atoms. The molecule has 1 aromatic rings. The lowest BCUT2D eigenvalue weighted by Gasteiger charge is -2.39. The van der Waals surface area contributed by atoms with Crippen LogP contribution in [0, 0.1) is 0 Å². The molecule has 2 aliphatic rings. The second-order valence-electron chi connectivity index (χ2n) is 7.94. The molecule has 7 nitrogen and oxygen atoms in total. The Kier molecular flexibility index (Phi) is 5.24. The summed E-state index contributed by atoms with van der Waals surface area (Å²) in [6, 6.07) is 6.63. The third-order valence-electron chi connectivity index (χ3n) is 4.78. The van der Waals surface area contributed by atoms with Crippen molar-refractivity contribution in [1.29, 1.82) is 0 Å². The molecule has 0 radical (unpaired) electrons. The van der Waals surface area contributed by atoms with Gasteiger partial charge < -0.3 is 9.64 Å². The molecule has 0 aliphatic carbocycles. The maximum absolute atomic E-state index is 12.5. The summed E-state index contributed by atoms with van der Waals surface area (Å²) in [4.78, 5) is 44.8. The number of amides is 3. The largest absolute Gasteiger partial charge is 0.444 e. The van der Waals surface area contributed by atoms with Gasteiger partial charge in [0.1, 0.15) is 5.60 Å². The summed E-state index contributed by atoms with van der Waals surface area (Å²) in [5, 5.41) is 0.866. The van der Waals surface area contributed by atoms with E-state index in [1.165, 1.54) is 0 Å².